The molecule has 9 nitrogen and oxygen atoms in total. The standard InChI is InChI=1S/C17H19N3O6S/c1-26-12-13-5-3-6-14(9-13)18-17(21)11-19(27(2,24)25)15-7-4-8-16(10-15)20(22)23/h3-10H,11-12H2,1-2H3,(H,18,21). The molecule has 0 spiro atoms. The minimum absolute atomic E-state index is 0.0370. The van der Waals surface area contributed by atoms with Gasteiger partial charge in [0.15, 0.2) is 0 Å². The second kappa shape index (κ2) is 8.60. The lowest BCUT2D eigenvalue weighted by Crippen LogP contribution is -2.37. The predicted molar refractivity (Wildman–Crippen MR) is 101 cm³/mol. The van der Waals surface area contributed by atoms with Crippen LogP contribution in [0.5, 0.6) is 0 Å². The van der Waals surface area contributed by atoms with E-state index in [-0.39, 0.29) is 11.4 Å². The average molecular weight is 393 g/mol. The van der Waals surface area contributed by atoms with Crippen LogP contribution in [-0.4, -0.2) is 39.2 Å². The summed E-state index contributed by atoms with van der Waals surface area (Å²) in [5.41, 5.74) is 1.10. The van der Waals surface area contributed by atoms with Crippen LogP contribution < -0.4 is 9.62 Å². The van der Waals surface area contributed by atoms with Crippen LogP contribution in [0.4, 0.5) is 17.1 Å². The highest BCUT2D eigenvalue weighted by Crippen LogP contribution is 2.23. The molecular weight excluding hydrogens is 374 g/mol. The van der Waals surface area contributed by atoms with Crippen molar-refractivity contribution in [2.24, 2.45) is 0 Å². The zero-order chi connectivity index (χ0) is 20.0. The molecule has 0 radical (unpaired) electrons. The van der Waals surface area contributed by atoms with E-state index in [4.69, 9.17) is 4.74 Å². The number of methoxy groups -OCH3 is 1. The van der Waals surface area contributed by atoms with E-state index in [2.05, 4.69) is 5.32 Å². The predicted octanol–water partition coefficient (Wildman–Crippen LogP) is 2.15. The van der Waals surface area contributed by atoms with Gasteiger partial charge in [0.25, 0.3) is 5.69 Å². The van der Waals surface area contributed by atoms with Gasteiger partial charge in [0.2, 0.25) is 15.9 Å². The van der Waals surface area contributed by atoms with Gasteiger partial charge < -0.3 is 10.1 Å². The van der Waals surface area contributed by atoms with Crippen LogP contribution in [0.3, 0.4) is 0 Å². The molecule has 0 saturated carbocycles. The van der Waals surface area contributed by atoms with Gasteiger partial charge in [-0.2, -0.15) is 0 Å². The number of ether oxygens (including phenoxy) is 1. The van der Waals surface area contributed by atoms with Crippen LogP contribution in [0.1, 0.15) is 5.56 Å². The van der Waals surface area contributed by atoms with Crippen molar-refractivity contribution < 1.29 is 22.9 Å². The van der Waals surface area contributed by atoms with E-state index in [9.17, 15) is 23.3 Å². The van der Waals surface area contributed by atoms with Gasteiger partial charge >= 0.3 is 0 Å². The van der Waals surface area contributed by atoms with Crippen molar-refractivity contribution in [2.75, 3.05) is 29.5 Å². The maximum absolute atomic E-state index is 12.3. The van der Waals surface area contributed by atoms with E-state index in [1.807, 2.05) is 6.07 Å². The molecule has 1 amide bonds. The van der Waals surface area contributed by atoms with Gasteiger partial charge in [-0.05, 0) is 23.8 Å². The van der Waals surface area contributed by atoms with Crippen molar-refractivity contribution in [3.05, 3.63) is 64.2 Å². The largest absolute Gasteiger partial charge is 0.380 e. The smallest absolute Gasteiger partial charge is 0.271 e. The lowest BCUT2D eigenvalue weighted by Gasteiger charge is -2.21. The Hall–Kier alpha value is -2.98. The number of rotatable bonds is 8. The fourth-order valence-corrected chi connectivity index (χ4v) is 3.25. The van der Waals surface area contributed by atoms with Crippen LogP contribution in [0.2, 0.25) is 0 Å². The molecule has 2 aromatic carbocycles. The summed E-state index contributed by atoms with van der Waals surface area (Å²) >= 11 is 0. The van der Waals surface area contributed by atoms with Crippen LogP contribution in [0, 0.1) is 10.1 Å². The number of nitrogens with one attached hydrogen (secondary N) is 1. The van der Waals surface area contributed by atoms with Gasteiger partial charge in [0, 0.05) is 24.9 Å². The molecule has 0 aliphatic rings. The van der Waals surface area contributed by atoms with Gasteiger partial charge in [0.05, 0.1) is 23.5 Å². The number of non-ortho nitro benzene ring substituents is 1. The number of sulfonamides is 1. The quantitative estimate of drug-likeness (QED) is 0.542. The van der Waals surface area contributed by atoms with Crippen molar-refractivity contribution in [1.29, 1.82) is 0 Å². The summed E-state index contributed by atoms with van der Waals surface area (Å²) in [5, 5.41) is 13.5. The van der Waals surface area contributed by atoms with Crippen molar-refractivity contribution >= 4 is 33.0 Å². The minimum atomic E-state index is -3.83. The second-order valence-electron chi connectivity index (χ2n) is 5.73. The Balaban J connectivity index is 2.22. The summed E-state index contributed by atoms with van der Waals surface area (Å²) in [5.74, 6) is -0.582. The first-order valence-electron chi connectivity index (χ1n) is 7.80. The third-order valence-corrected chi connectivity index (χ3v) is 4.68. The van der Waals surface area contributed by atoms with Crippen LogP contribution in [-0.2, 0) is 26.2 Å². The molecule has 0 unspecified atom stereocenters. The molecule has 0 bridgehead atoms. The van der Waals surface area contributed by atoms with Gasteiger partial charge in [-0.25, -0.2) is 8.42 Å². The Labute approximate surface area is 156 Å². The normalized spacial score (nSPS) is 11.0. The summed E-state index contributed by atoms with van der Waals surface area (Å²) in [7, 11) is -2.28. The monoisotopic (exact) mass is 393 g/mol. The van der Waals surface area contributed by atoms with Gasteiger partial charge in [-0.3, -0.25) is 19.2 Å². The zero-order valence-corrected chi connectivity index (χ0v) is 15.6. The van der Waals surface area contributed by atoms with Crippen molar-refractivity contribution in [3.63, 3.8) is 0 Å². The Bertz CT molecular complexity index is 945. The molecule has 0 heterocycles. The first kappa shape index (κ1) is 20.3. The molecule has 0 fully saturated rings. The van der Waals surface area contributed by atoms with E-state index in [0.29, 0.717) is 12.3 Å². The first-order valence-corrected chi connectivity index (χ1v) is 9.65. The highest BCUT2D eigenvalue weighted by molar-refractivity contribution is 7.92. The molecule has 27 heavy (non-hydrogen) atoms. The Kier molecular flexibility index (Phi) is 6.48. The number of carbonyl (C=O) groups excluding carboxylic acids is 1. The van der Waals surface area contributed by atoms with Gasteiger partial charge in [-0.1, -0.05) is 18.2 Å². The molecular formula is C17H19N3O6S. The Morgan fingerprint density at radius 3 is 2.56 bits per heavy atom. The highest BCUT2D eigenvalue weighted by Gasteiger charge is 2.22. The molecule has 0 atom stereocenters. The lowest BCUT2D eigenvalue weighted by atomic mass is 10.2. The van der Waals surface area contributed by atoms with Crippen molar-refractivity contribution in [3.8, 4) is 0 Å². The number of nitrogens with zero attached hydrogens (tertiary/aromatic N) is 2. The third kappa shape index (κ3) is 5.76. The number of anilines is 2. The fourth-order valence-electron chi connectivity index (χ4n) is 2.40. The first-order chi connectivity index (χ1) is 12.7. The van der Waals surface area contributed by atoms with Crippen molar-refractivity contribution in [2.45, 2.75) is 6.61 Å². The highest BCUT2D eigenvalue weighted by atomic mass is 32.2. The second-order valence-corrected chi connectivity index (χ2v) is 7.63. The molecule has 144 valence electrons. The molecule has 0 aliphatic carbocycles. The molecule has 0 saturated heterocycles. The maximum Gasteiger partial charge on any atom is 0.271 e. The topological polar surface area (TPSA) is 119 Å². The zero-order valence-electron chi connectivity index (χ0n) is 14.8. The number of carbonyl (C=O) groups is 1. The average Bonchev–Trinajstić information content (AvgIpc) is 2.59. The van der Waals surface area contributed by atoms with Gasteiger partial charge in [-0.15, -0.1) is 0 Å². The molecule has 1 N–H and O–H groups in total. The lowest BCUT2D eigenvalue weighted by molar-refractivity contribution is -0.384. The van der Waals surface area contributed by atoms with E-state index >= 15 is 0 Å². The summed E-state index contributed by atoms with van der Waals surface area (Å²) < 4.78 is 30.0. The maximum atomic E-state index is 12.3. The van der Waals surface area contributed by atoms with E-state index in [1.54, 1.807) is 25.3 Å². The number of nitro benzene ring substituents is 1. The van der Waals surface area contributed by atoms with E-state index in [0.717, 1.165) is 22.2 Å². The van der Waals surface area contributed by atoms with E-state index < -0.39 is 27.4 Å². The van der Waals surface area contributed by atoms with Crippen LogP contribution >= 0.6 is 0 Å². The van der Waals surface area contributed by atoms with Crippen LogP contribution in [0.15, 0.2) is 48.5 Å². The number of amides is 1. The summed E-state index contributed by atoms with van der Waals surface area (Å²) in [4.78, 5) is 22.6. The SMILES string of the molecule is COCc1cccc(NC(=O)CN(c2cccc([N+](=O)[O-])c2)S(C)(=O)=O)c1. The minimum Gasteiger partial charge on any atom is -0.380 e. The van der Waals surface area contributed by atoms with E-state index in [1.165, 1.54) is 18.2 Å². The summed E-state index contributed by atoms with van der Waals surface area (Å²) in [6.45, 7) is -0.151. The summed E-state index contributed by atoms with van der Waals surface area (Å²) in [6.07, 6.45) is 0.929. The molecule has 2 rings (SSSR count). The fraction of sp³-hybridized carbons (Fsp3) is 0.235. The number of hydrogen-bond donors (Lipinski definition) is 1. The molecule has 10 heteroatoms. The molecule has 2 aromatic rings. The molecule has 0 aliphatic heterocycles. The third-order valence-electron chi connectivity index (χ3n) is 3.54. The molecule has 0 aromatic heterocycles. The number of hydrogen-bond acceptors (Lipinski definition) is 6. The Morgan fingerprint density at radius 2 is 1.93 bits per heavy atom. The van der Waals surface area contributed by atoms with Gasteiger partial charge in [0.1, 0.15) is 6.54 Å². The van der Waals surface area contributed by atoms with Crippen molar-refractivity contribution in [1.82, 2.24) is 0 Å². The van der Waals surface area contributed by atoms with Crippen LogP contribution in [0.25, 0.3) is 0 Å². The number of benzene rings is 2. The number of nitro groups is 1. The summed E-state index contributed by atoms with van der Waals surface area (Å²) in [6, 6.07) is 12.0. The Morgan fingerprint density at radius 1 is 1.22 bits per heavy atom.